The molecule has 5 heteroatoms. The second-order valence-electron chi connectivity index (χ2n) is 4.76. The fraction of sp³-hybridized carbons (Fsp3) is 0.118. The predicted molar refractivity (Wildman–Crippen MR) is 80.5 cm³/mol. The Morgan fingerprint density at radius 2 is 1.59 bits per heavy atom. The highest BCUT2D eigenvalue weighted by molar-refractivity contribution is 6.05. The Morgan fingerprint density at radius 3 is 2.23 bits per heavy atom. The third-order valence-corrected chi connectivity index (χ3v) is 3.01. The zero-order valence-electron chi connectivity index (χ0n) is 11.7. The van der Waals surface area contributed by atoms with E-state index in [0.717, 1.165) is 0 Å². The topological polar surface area (TPSA) is 29.1 Å². The molecule has 0 fully saturated rings. The number of carbonyl (C=O) groups excluding carboxylic acids is 1. The lowest BCUT2D eigenvalue weighted by Gasteiger charge is -2.14. The Bertz CT molecular complexity index is 678. The molecule has 0 radical (unpaired) electrons. The molecule has 22 heavy (non-hydrogen) atoms. The van der Waals surface area contributed by atoms with Crippen LogP contribution >= 0.6 is 0 Å². The number of hydrogen-bond acceptors (Lipinski definition) is 1. The third kappa shape index (κ3) is 4.22. The van der Waals surface area contributed by atoms with Crippen molar-refractivity contribution in [3.8, 4) is 0 Å². The van der Waals surface area contributed by atoms with Gasteiger partial charge in [-0.15, -0.1) is 0 Å². The summed E-state index contributed by atoms with van der Waals surface area (Å²) < 4.78 is 37.5. The molecule has 0 spiro atoms. The number of allylic oxidation sites excluding steroid dienone is 1. The van der Waals surface area contributed by atoms with Crippen LogP contribution in [0, 0.1) is 0 Å². The molecule has 0 aliphatic rings. The second kappa shape index (κ2) is 6.47. The highest BCUT2D eigenvalue weighted by atomic mass is 19.4. The van der Waals surface area contributed by atoms with E-state index in [-0.39, 0.29) is 17.0 Å². The smallest absolute Gasteiger partial charge is 0.321 e. The van der Waals surface area contributed by atoms with Crippen LogP contribution in [0.3, 0.4) is 0 Å². The maximum Gasteiger partial charge on any atom is 0.393 e. The van der Waals surface area contributed by atoms with Gasteiger partial charge in [0.15, 0.2) is 0 Å². The molecule has 0 aromatic heterocycles. The minimum atomic E-state index is -4.34. The van der Waals surface area contributed by atoms with Crippen LogP contribution in [0.5, 0.6) is 0 Å². The minimum Gasteiger partial charge on any atom is -0.321 e. The van der Waals surface area contributed by atoms with Crippen molar-refractivity contribution >= 4 is 17.2 Å². The maximum absolute atomic E-state index is 12.5. The van der Waals surface area contributed by atoms with Gasteiger partial charge in [0.05, 0.1) is 6.42 Å². The number of nitrogens with one attached hydrogen (secondary N) is 1. The summed E-state index contributed by atoms with van der Waals surface area (Å²) in [5, 5.41) is 2.63. The molecule has 1 N–H and O–H groups in total. The van der Waals surface area contributed by atoms with Gasteiger partial charge < -0.3 is 5.32 Å². The molecule has 0 aliphatic heterocycles. The molecule has 0 saturated carbocycles. The Hall–Kier alpha value is -2.56. The molecule has 0 unspecified atom stereocenters. The third-order valence-electron chi connectivity index (χ3n) is 3.01. The van der Waals surface area contributed by atoms with Crippen LogP contribution in [0.2, 0.25) is 0 Å². The zero-order chi connectivity index (χ0) is 16.2. The van der Waals surface area contributed by atoms with E-state index in [0.29, 0.717) is 11.3 Å². The Kier molecular flexibility index (Phi) is 4.65. The van der Waals surface area contributed by atoms with Crippen LogP contribution in [-0.2, 0) is 0 Å². The number of para-hydroxylation sites is 1. The fourth-order valence-corrected chi connectivity index (χ4v) is 2.02. The first-order valence-corrected chi connectivity index (χ1v) is 6.57. The van der Waals surface area contributed by atoms with Crippen LogP contribution < -0.4 is 5.32 Å². The average Bonchev–Trinajstić information content (AvgIpc) is 2.47. The van der Waals surface area contributed by atoms with Crippen molar-refractivity contribution in [1.82, 2.24) is 0 Å². The highest BCUT2D eigenvalue weighted by Crippen LogP contribution is 2.32. The highest BCUT2D eigenvalue weighted by Gasteiger charge is 2.29. The van der Waals surface area contributed by atoms with E-state index >= 15 is 0 Å². The van der Waals surface area contributed by atoms with E-state index in [1.54, 1.807) is 48.5 Å². The number of benzene rings is 2. The van der Waals surface area contributed by atoms with E-state index in [2.05, 4.69) is 11.9 Å². The maximum atomic E-state index is 12.5. The molecule has 0 aliphatic carbocycles. The largest absolute Gasteiger partial charge is 0.393 e. The van der Waals surface area contributed by atoms with Gasteiger partial charge in [0.2, 0.25) is 0 Å². The normalized spacial score (nSPS) is 11.0. The lowest BCUT2D eigenvalue weighted by atomic mass is 10.0. The van der Waals surface area contributed by atoms with Crippen molar-refractivity contribution in [3.05, 3.63) is 72.3 Å². The molecule has 0 atom stereocenters. The Labute approximate surface area is 126 Å². The molecule has 2 nitrogen and oxygen atoms in total. The van der Waals surface area contributed by atoms with Gasteiger partial charge >= 0.3 is 6.18 Å². The van der Waals surface area contributed by atoms with Gasteiger partial charge in [-0.2, -0.15) is 13.2 Å². The average molecular weight is 305 g/mol. The van der Waals surface area contributed by atoms with Gasteiger partial charge in [0.25, 0.3) is 5.91 Å². The summed E-state index contributed by atoms with van der Waals surface area (Å²) in [6.07, 6.45) is -5.46. The van der Waals surface area contributed by atoms with E-state index in [9.17, 15) is 18.0 Å². The summed E-state index contributed by atoms with van der Waals surface area (Å²) in [6, 6.07) is 14.8. The van der Waals surface area contributed by atoms with Gasteiger partial charge in [0.1, 0.15) is 0 Å². The predicted octanol–water partition coefficient (Wildman–Crippen LogP) is 4.90. The number of anilines is 1. The lowest BCUT2D eigenvalue weighted by Crippen LogP contribution is -2.14. The van der Waals surface area contributed by atoms with Crippen molar-refractivity contribution in [3.63, 3.8) is 0 Å². The van der Waals surface area contributed by atoms with E-state index in [4.69, 9.17) is 0 Å². The van der Waals surface area contributed by atoms with Crippen molar-refractivity contribution < 1.29 is 18.0 Å². The summed E-state index contributed by atoms with van der Waals surface area (Å²) in [5.41, 5.74) is 0.935. The molecule has 0 saturated heterocycles. The Morgan fingerprint density at radius 1 is 1.00 bits per heavy atom. The van der Waals surface area contributed by atoms with Crippen LogP contribution in [0.15, 0.2) is 61.2 Å². The van der Waals surface area contributed by atoms with E-state index in [1.807, 2.05) is 0 Å². The zero-order valence-corrected chi connectivity index (χ0v) is 11.7. The SMILES string of the molecule is C=C(CC(F)(F)F)c1ccccc1NC(=O)c1ccccc1. The summed E-state index contributed by atoms with van der Waals surface area (Å²) in [5.74, 6) is -0.382. The van der Waals surface area contributed by atoms with Crippen LogP contribution in [-0.4, -0.2) is 12.1 Å². The van der Waals surface area contributed by atoms with Crippen LogP contribution in [0.4, 0.5) is 18.9 Å². The number of amides is 1. The standard InChI is InChI=1S/C17H14F3NO/c1-12(11-17(18,19)20)14-9-5-6-10-15(14)21-16(22)13-7-3-2-4-8-13/h2-10H,1,11H2,(H,21,22). The van der Waals surface area contributed by atoms with Gasteiger partial charge in [-0.3, -0.25) is 4.79 Å². The van der Waals surface area contributed by atoms with Crippen LogP contribution in [0.25, 0.3) is 5.57 Å². The first-order chi connectivity index (χ1) is 10.4. The number of hydrogen-bond donors (Lipinski definition) is 1. The van der Waals surface area contributed by atoms with Gasteiger partial charge in [-0.05, 0) is 23.8 Å². The molecule has 2 aromatic carbocycles. The molecule has 2 aromatic rings. The number of alkyl halides is 3. The number of rotatable bonds is 4. The van der Waals surface area contributed by atoms with E-state index < -0.39 is 12.6 Å². The molecule has 2 rings (SSSR count). The lowest BCUT2D eigenvalue weighted by molar-refractivity contribution is -0.122. The van der Waals surface area contributed by atoms with E-state index in [1.165, 1.54) is 6.07 Å². The first-order valence-electron chi connectivity index (χ1n) is 6.57. The Balaban J connectivity index is 2.22. The van der Waals surface area contributed by atoms with Gasteiger partial charge in [-0.25, -0.2) is 0 Å². The summed E-state index contributed by atoms with van der Waals surface area (Å²) >= 11 is 0. The van der Waals surface area contributed by atoms with Crippen molar-refractivity contribution in [2.24, 2.45) is 0 Å². The first kappa shape index (κ1) is 15.8. The molecule has 0 heterocycles. The summed E-state index contributed by atoms with van der Waals surface area (Å²) in [4.78, 5) is 12.1. The van der Waals surface area contributed by atoms with Crippen molar-refractivity contribution in [1.29, 1.82) is 0 Å². The second-order valence-corrected chi connectivity index (χ2v) is 4.76. The monoisotopic (exact) mass is 305 g/mol. The molecule has 0 bridgehead atoms. The van der Waals surface area contributed by atoms with Crippen molar-refractivity contribution in [2.45, 2.75) is 12.6 Å². The van der Waals surface area contributed by atoms with Gasteiger partial charge in [-0.1, -0.05) is 43.0 Å². The number of halogens is 3. The summed E-state index contributed by atoms with van der Waals surface area (Å²) in [7, 11) is 0. The quantitative estimate of drug-likeness (QED) is 0.855. The molecule has 114 valence electrons. The fourth-order valence-electron chi connectivity index (χ4n) is 2.02. The molecule has 1 amide bonds. The molecular formula is C17H14F3NO. The molecular weight excluding hydrogens is 291 g/mol. The summed E-state index contributed by atoms with van der Waals surface area (Å²) in [6.45, 7) is 3.48. The van der Waals surface area contributed by atoms with Crippen molar-refractivity contribution in [2.75, 3.05) is 5.32 Å². The number of carbonyl (C=O) groups is 1. The minimum absolute atomic E-state index is 0.0866. The van der Waals surface area contributed by atoms with Crippen LogP contribution in [0.1, 0.15) is 22.3 Å². The van der Waals surface area contributed by atoms with Gasteiger partial charge in [0, 0.05) is 16.8 Å².